The van der Waals surface area contributed by atoms with E-state index in [1.54, 1.807) is 18.3 Å². The zero-order valence-corrected chi connectivity index (χ0v) is 8.96. The van der Waals surface area contributed by atoms with Crippen molar-refractivity contribution in [3.63, 3.8) is 0 Å². The molecule has 0 radical (unpaired) electrons. The summed E-state index contributed by atoms with van der Waals surface area (Å²) in [7, 11) is 1.35. The van der Waals surface area contributed by atoms with Gasteiger partial charge in [0.25, 0.3) is 0 Å². The van der Waals surface area contributed by atoms with Crippen LogP contribution in [0.25, 0.3) is 10.9 Å². The van der Waals surface area contributed by atoms with E-state index >= 15 is 0 Å². The third kappa shape index (κ3) is 1.29. The van der Waals surface area contributed by atoms with Crippen LogP contribution in [-0.4, -0.2) is 23.3 Å². The molecule has 1 aromatic heterocycles. The quantitative estimate of drug-likeness (QED) is 0.794. The van der Waals surface area contributed by atoms with Crippen LogP contribution >= 0.6 is 15.9 Å². The third-order valence-corrected chi connectivity index (χ3v) is 2.65. The van der Waals surface area contributed by atoms with E-state index in [9.17, 15) is 4.79 Å². The second-order valence-electron chi connectivity index (χ2n) is 2.73. The van der Waals surface area contributed by atoms with Gasteiger partial charge in [0.2, 0.25) is 0 Å². The van der Waals surface area contributed by atoms with E-state index in [4.69, 9.17) is 0 Å². The third-order valence-electron chi connectivity index (χ3n) is 1.95. The topological polar surface area (TPSA) is 55.0 Å². The summed E-state index contributed by atoms with van der Waals surface area (Å²) in [4.78, 5) is 11.3. The van der Waals surface area contributed by atoms with Gasteiger partial charge in [0.05, 0.1) is 12.7 Å². The Balaban J connectivity index is 2.72. The summed E-state index contributed by atoms with van der Waals surface area (Å²) in [5.74, 6) is -0.380. The van der Waals surface area contributed by atoms with Gasteiger partial charge in [-0.15, -0.1) is 0 Å². The largest absolute Gasteiger partial charge is 0.465 e. The number of nitrogens with zero attached hydrogens (tertiary/aromatic N) is 1. The fourth-order valence-electron chi connectivity index (χ4n) is 1.28. The molecular weight excluding hydrogens is 248 g/mol. The highest BCUT2D eigenvalue weighted by Crippen LogP contribution is 2.25. The van der Waals surface area contributed by atoms with Crippen LogP contribution in [0, 0.1) is 0 Å². The molecule has 0 aliphatic carbocycles. The van der Waals surface area contributed by atoms with Gasteiger partial charge in [0, 0.05) is 16.1 Å². The molecule has 4 nitrogen and oxygen atoms in total. The number of ether oxygens (including phenoxy) is 1. The molecule has 0 saturated carbocycles. The molecule has 1 aromatic carbocycles. The molecule has 1 N–H and O–H groups in total. The first-order valence-electron chi connectivity index (χ1n) is 3.94. The Morgan fingerprint density at radius 3 is 3.07 bits per heavy atom. The Bertz CT molecular complexity index is 493. The summed E-state index contributed by atoms with van der Waals surface area (Å²) in [5, 5.41) is 7.57. The first-order valence-corrected chi connectivity index (χ1v) is 4.73. The second kappa shape index (κ2) is 3.42. The Labute approximate surface area is 88.4 Å². The van der Waals surface area contributed by atoms with Gasteiger partial charge >= 0.3 is 5.97 Å². The maximum atomic E-state index is 11.3. The number of carbonyl (C=O) groups is 1. The summed E-state index contributed by atoms with van der Waals surface area (Å²) in [5.41, 5.74) is 1.08. The van der Waals surface area contributed by atoms with E-state index in [0.29, 0.717) is 11.1 Å². The predicted molar refractivity (Wildman–Crippen MR) is 55.1 cm³/mol. The Morgan fingerprint density at radius 1 is 1.57 bits per heavy atom. The number of benzene rings is 1. The minimum Gasteiger partial charge on any atom is -0.465 e. The molecule has 0 atom stereocenters. The maximum Gasteiger partial charge on any atom is 0.340 e. The normalized spacial score (nSPS) is 10.4. The number of hydrogen-bond acceptors (Lipinski definition) is 3. The second-order valence-corrected chi connectivity index (χ2v) is 3.59. The zero-order chi connectivity index (χ0) is 10.1. The van der Waals surface area contributed by atoms with Crippen molar-refractivity contribution in [3.05, 3.63) is 28.4 Å². The number of methoxy groups -OCH3 is 1. The SMILES string of the molecule is COC(=O)c1ccc(Br)c2c[nH]nc12. The van der Waals surface area contributed by atoms with Crippen molar-refractivity contribution < 1.29 is 9.53 Å². The van der Waals surface area contributed by atoms with Gasteiger partial charge in [-0.2, -0.15) is 5.10 Å². The maximum absolute atomic E-state index is 11.3. The van der Waals surface area contributed by atoms with Gasteiger partial charge in [0.15, 0.2) is 0 Å². The minimum absolute atomic E-state index is 0.380. The number of fused-ring (bicyclic) bond motifs is 1. The van der Waals surface area contributed by atoms with Crippen LogP contribution in [-0.2, 0) is 4.74 Å². The monoisotopic (exact) mass is 254 g/mol. The van der Waals surface area contributed by atoms with Gasteiger partial charge in [-0.25, -0.2) is 4.79 Å². The molecule has 5 heteroatoms. The molecule has 2 rings (SSSR count). The van der Waals surface area contributed by atoms with Gasteiger partial charge < -0.3 is 4.74 Å². The lowest BCUT2D eigenvalue weighted by Crippen LogP contribution is -2.01. The fourth-order valence-corrected chi connectivity index (χ4v) is 1.71. The van der Waals surface area contributed by atoms with Gasteiger partial charge in [-0.05, 0) is 12.1 Å². The Kier molecular flexibility index (Phi) is 2.25. The molecule has 72 valence electrons. The molecule has 0 amide bonds. The summed E-state index contributed by atoms with van der Waals surface area (Å²) < 4.78 is 5.54. The lowest BCUT2D eigenvalue weighted by molar-refractivity contribution is 0.0603. The number of H-pyrrole nitrogens is 1. The first kappa shape index (κ1) is 9.21. The number of rotatable bonds is 1. The van der Waals surface area contributed by atoms with E-state index in [1.807, 2.05) is 0 Å². The smallest absolute Gasteiger partial charge is 0.340 e. The lowest BCUT2D eigenvalue weighted by atomic mass is 10.1. The van der Waals surface area contributed by atoms with Crippen LogP contribution < -0.4 is 0 Å². The van der Waals surface area contributed by atoms with Crippen LogP contribution in [0.2, 0.25) is 0 Å². The molecule has 2 aromatic rings. The van der Waals surface area contributed by atoms with Crippen LogP contribution in [0.1, 0.15) is 10.4 Å². The highest BCUT2D eigenvalue weighted by atomic mass is 79.9. The standard InChI is InChI=1S/C9H7BrN2O2/c1-14-9(13)5-2-3-7(10)6-4-11-12-8(5)6/h2-4H,1H3,(H,11,12). The van der Waals surface area contributed by atoms with Crippen LogP contribution in [0.5, 0.6) is 0 Å². The Morgan fingerprint density at radius 2 is 2.36 bits per heavy atom. The molecule has 0 fully saturated rings. The van der Waals surface area contributed by atoms with E-state index < -0.39 is 0 Å². The van der Waals surface area contributed by atoms with Crippen molar-refractivity contribution in [2.45, 2.75) is 0 Å². The van der Waals surface area contributed by atoms with Crippen molar-refractivity contribution in [2.24, 2.45) is 0 Å². The number of hydrogen-bond donors (Lipinski definition) is 1. The predicted octanol–water partition coefficient (Wildman–Crippen LogP) is 2.11. The summed E-state index contributed by atoms with van der Waals surface area (Å²) >= 11 is 3.37. The number of aromatic amines is 1. The average molecular weight is 255 g/mol. The summed E-state index contributed by atoms with van der Waals surface area (Å²) in [6, 6.07) is 3.48. The van der Waals surface area contributed by atoms with Crippen molar-refractivity contribution >= 4 is 32.8 Å². The summed E-state index contributed by atoms with van der Waals surface area (Å²) in [6.45, 7) is 0. The van der Waals surface area contributed by atoms with Crippen LogP contribution in [0.15, 0.2) is 22.8 Å². The van der Waals surface area contributed by atoms with Gasteiger partial charge in [-0.3, -0.25) is 5.10 Å². The Hall–Kier alpha value is -1.36. The van der Waals surface area contributed by atoms with E-state index in [1.165, 1.54) is 7.11 Å². The van der Waals surface area contributed by atoms with Crippen molar-refractivity contribution in [3.8, 4) is 0 Å². The average Bonchev–Trinajstić information content (AvgIpc) is 2.67. The highest BCUT2D eigenvalue weighted by molar-refractivity contribution is 9.10. The van der Waals surface area contributed by atoms with Crippen molar-refractivity contribution in [1.29, 1.82) is 0 Å². The summed E-state index contributed by atoms with van der Waals surface area (Å²) in [6.07, 6.45) is 1.73. The molecule has 14 heavy (non-hydrogen) atoms. The van der Waals surface area contributed by atoms with Crippen molar-refractivity contribution in [2.75, 3.05) is 7.11 Å². The number of aromatic nitrogens is 2. The highest BCUT2D eigenvalue weighted by Gasteiger charge is 2.13. The molecule has 0 bridgehead atoms. The molecular formula is C9H7BrN2O2. The number of carbonyl (C=O) groups excluding carboxylic acids is 1. The zero-order valence-electron chi connectivity index (χ0n) is 7.37. The first-order chi connectivity index (χ1) is 6.74. The van der Waals surface area contributed by atoms with Crippen LogP contribution in [0.4, 0.5) is 0 Å². The van der Waals surface area contributed by atoms with Gasteiger partial charge in [-0.1, -0.05) is 15.9 Å². The van der Waals surface area contributed by atoms with Crippen LogP contribution in [0.3, 0.4) is 0 Å². The minimum atomic E-state index is -0.380. The number of esters is 1. The molecule has 0 spiro atoms. The van der Waals surface area contributed by atoms with Crippen molar-refractivity contribution in [1.82, 2.24) is 10.2 Å². The van der Waals surface area contributed by atoms with E-state index in [2.05, 4.69) is 30.9 Å². The lowest BCUT2D eigenvalue weighted by Gasteiger charge is -2.00. The number of halogens is 1. The fraction of sp³-hybridized carbons (Fsp3) is 0.111. The molecule has 1 heterocycles. The van der Waals surface area contributed by atoms with E-state index in [0.717, 1.165) is 9.86 Å². The van der Waals surface area contributed by atoms with Gasteiger partial charge in [0.1, 0.15) is 5.52 Å². The van der Waals surface area contributed by atoms with E-state index in [-0.39, 0.29) is 5.97 Å². The molecule has 0 aliphatic rings. The number of nitrogens with one attached hydrogen (secondary N) is 1. The molecule has 0 aliphatic heterocycles. The molecule has 0 unspecified atom stereocenters. The molecule has 0 saturated heterocycles.